The number of anilines is 1. The van der Waals surface area contributed by atoms with Crippen LogP contribution in [0, 0.1) is 0 Å². The minimum Gasteiger partial charge on any atom is -0.389 e. The fraction of sp³-hybridized carbons (Fsp3) is 0.562. The van der Waals surface area contributed by atoms with E-state index in [0.29, 0.717) is 6.54 Å². The van der Waals surface area contributed by atoms with E-state index in [4.69, 9.17) is 4.74 Å². The number of aliphatic hydroxyl groups excluding tert-OH is 1. The lowest BCUT2D eigenvalue weighted by Crippen LogP contribution is -2.37. The highest BCUT2D eigenvalue weighted by molar-refractivity contribution is 7.98. The van der Waals surface area contributed by atoms with Gasteiger partial charge >= 0.3 is 0 Å². The van der Waals surface area contributed by atoms with Crippen molar-refractivity contribution in [2.45, 2.75) is 31.0 Å². The third-order valence-electron chi connectivity index (χ3n) is 2.94. The Balaban J connectivity index is 2.41. The first-order valence-electron chi connectivity index (χ1n) is 7.33. The summed E-state index contributed by atoms with van der Waals surface area (Å²) in [5, 5.41) is 12.8. The van der Waals surface area contributed by atoms with Gasteiger partial charge in [0.1, 0.15) is 0 Å². The van der Waals surface area contributed by atoms with Crippen molar-refractivity contribution in [3.05, 3.63) is 24.3 Å². The van der Waals surface area contributed by atoms with Crippen LogP contribution in [0.1, 0.15) is 13.8 Å². The number of para-hydroxylation sites is 1. The van der Waals surface area contributed by atoms with E-state index < -0.39 is 6.10 Å². The zero-order valence-electron chi connectivity index (χ0n) is 13.7. The minimum absolute atomic E-state index is 0.0892. The predicted octanol–water partition coefficient (Wildman–Crippen LogP) is 2.06. The number of benzene rings is 1. The number of carbonyl (C=O) groups excluding carboxylic acids is 1. The summed E-state index contributed by atoms with van der Waals surface area (Å²) >= 11 is 1.59. The van der Waals surface area contributed by atoms with E-state index in [1.54, 1.807) is 23.7 Å². The van der Waals surface area contributed by atoms with E-state index >= 15 is 0 Å². The van der Waals surface area contributed by atoms with Gasteiger partial charge in [-0.15, -0.1) is 11.8 Å². The third kappa shape index (κ3) is 7.26. The fourth-order valence-corrected chi connectivity index (χ4v) is 2.52. The molecule has 0 aromatic heterocycles. The summed E-state index contributed by atoms with van der Waals surface area (Å²) in [6, 6.07) is 7.69. The first kappa shape index (κ1) is 19.0. The van der Waals surface area contributed by atoms with Crippen molar-refractivity contribution >= 4 is 23.4 Å². The molecule has 0 aliphatic heterocycles. The van der Waals surface area contributed by atoms with Crippen molar-refractivity contribution in [2.75, 3.05) is 38.3 Å². The summed E-state index contributed by atoms with van der Waals surface area (Å²) in [5.74, 6) is -0.0963. The zero-order chi connectivity index (χ0) is 16.5. The lowest BCUT2D eigenvalue weighted by Gasteiger charge is -2.21. The lowest BCUT2D eigenvalue weighted by molar-refractivity contribution is -0.117. The number of amides is 1. The largest absolute Gasteiger partial charge is 0.389 e. The number of carbonyl (C=O) groups is 1. The Morgan fingerprint density at radius 1 is 1.41 bits per heavy atom. The fourth-order valence-electron chi connectivity index (χ4n) is 1.96. The number of hydrogen-bond acceptors (Lipinski definition) is 5. The highest BCUT2D eigenvalue weighted by atomic mass is 32.2. The summed E-state index contributed by atoms with van der Waals surface area (Å²) in [6.07, 6.45) is 1.47. The third-order valence-corrected chi connectivity index (χ3v) is 3.73. The number of hydrogen-bond donors (Lipinski definition) is 2. The van der Waals surface area contributed by atoms with Gasteiger partial charge in [0.15, 0.2) is 0 Å². The van der Waals surface area contributed by atoms with Crippen molar-refractivity contribution in [1.82, 2.24) is 4.90 Å². The number of likely N-dealkylation sites (N-methyl/N-ethyl adjacent to an activating group) is 1. The number of aliphatic hydroxyl groups is 1. The van der Waals surface area contributed by atoms with Crippen LogP contribution in [-0.2, 0) is 9.53 Å². The average Bonchev–Trinajstić information content (AvgIpc) is 2.45. The molecule has 0 aliphatic rings. The number of thioether (sulfide) groups is 1. The zero-order valence-corrected chi connectivity index (χ0v) is 14.5. The Labute approximate surface area is 137 Å². The lowest BCUT2D eigenvalue weighted by atomic mass is 10.3. The quantitative estimate of drug-likeness (QED) is 0.680. The second kappa shape index (κ2) is 9.84. The highest BCUT2D eigenvalue weighted by Gasteiger charge is 2.13. The van der Waals surface area contributed by atoms with Crippen LogP contribution in [0.15, 0.2) is 29.2 Å². The number of nitrogens with one attached hydrogen (secondary N) is 1. The highest BCUT2D eigenvalue weighted by Crippen LogP contribution is 2.24. The predicted molar refractivity (Wildman–Crippen MR) is 91.4 cm³/mol. The number of ether oxygens (including phenoxy) is 1. The average molecular weight is 326 g/mol. The van der Waals surface area contributed by atoms with Crippen molar-refractivity contribution in [1.29, 1.82) is 0 Å². The standard InChI is InChI=1S/C16H26N2O3S/c1-12(2)21-11-13(19)9-18(3)10-16(20)17-14-7-5-6-8-15(14)22-4/h5-8,12-13,19H,9-11H2,1-4H3,(H,17,20). The summed E-state index contributed by atoms with van der Waals surface area (Å²) < 4.78 is 5.36. The van der Waals surface area contributed by atoms with E-state index in [0.717, 1.165) is 10.6 Å². The van der Waals surface area contributed by atoms with E-state index in [1.807, 2.05) is 44.4 Å². The molecule has 0 spiro atoms. The molecule has 0 radical (unpaired) electrons. The van der Waals surface area contributed by atoms with Gasteiger partial charge in [-0.1, -0.05) is 12.1 Å². The molecule has 0 bridgehead atoms. The monoisotopic (exact) mass is 326 g/mol. The van der Waals surface area contributed by atoms with Crippen LogP contribution in [0.2, 0.25) is 0 Å². The SMILES string of the molecule is CSc1ccccc1NC(=O)CN(C)CC(O)COC(C)C. The van der Waals surface area contributed by atoms with Gasteiger partial charge in [0, 0.05) is 11.4 Å². The molecule has 6 heteroatoms. The molecule has 1 aromatic carbocycles. The maximum Gasteiger partial charge on any atom is 0.238 e. The smallest absolute Gasteiger partial charge is 0.238 e. The molecule has 1 aromatic rings. The Morgan fingerprint density at radius 3 is 2.73 bits per heavy atom. The molecule has 0 heterocycles. The van der Waals surface area contributed by atoms with Gasteiger partial charge in [-0.05, 0) is 39.3 Å². The van der Waals surface area contributed by atoms with Crippen molar-refractivity contribution in [2.24, 2.45) is 0 Å². The topological polar surface area (TPSA) is 61.8 Å². The normalized spacial score (nSPS) is 12.7. The molecule has 2 N–H and O–H groups in total. The number of rotatable bonds is 9. The molecule has 5 nitrogen and oxygen atoms in total. The second-order valence-electron chi connectivity index (χ2n) is 5.48. The molecule has 0 aliphatic carbocycles. The van der Waals surface area contributed by atoms with Gasteiger partial charge < -0.3 is 15.2 Å². The van der Waals surface area contributed by atoms with Crippen LogP contribution in [0.25, 0.3) is 0 Å². The molecule has 1 rings (SSSR count). The van der Waals surface area contributed by atoms with E-state index in [2.05, 4.69) is 5.32 Å². The summed E-state index contributed by atoms with van der Waals surface area (Å²) in [4.78, 5) is 14.9. The molecule has 0 fully saturated rings. The van der Waals surface area contributed by atoms with Crippen LogP contribution in [0.5, 0.6) is 0 Å². The van der Waals surface area contributed by atoms with Gasteiger partial charge in [0.05, 0.1) is 31.0 Å². The molecule has 1 amide bonds. The Morgan fingerprint density at radius 2 is 2.09 bits per heavy atom. The van der Waals surface area contributed by atoms with Gasteiger partial charge in [0.25, 0.3) is 0 Å². The first-order chi connectivity index (χ1) is 10.4. The molecular formula is C16H26N2O3S. The Kier molecular flexibility index (Phi) is 8.48. The first-order valence-corrected chi connectivity index (χ1v) is 8.56. The van der Waals surface area contributed by atoms with Crippen molar-refractivity contribution < 1.29 is 14.6 Å². The second-order valence-corrected chi connectivity index (χ2v) is 6.33. The van der Waals surface area contributed by atoms with Crippen LogP contribution < -0.4 is 5.32 Å². The minimum atomic E-state index is -0.598. The molecule has 0 saturated heterocycles. The molecule has 1 unspecified atom stereocenters. The van der Waals surface area contributed by atoms with Crippen LogP contribution >= 0.6 is 11.8 Å². The molecule has 0 saturated carbocycles. The molecule has 22 heavy (non-hydrogen) atoms. The van der Waals surface area contributed by atoms with Gasteiger partial charge in [-0.2, -0.15) is 0 Å². The Bertz CT molecular complexity index is 468. The summed E-state index contributed by atoms with van der Waals surface area (Å²) in [5.41, 5.74) is 0.817. The van der Waals surface area contributed by atoms with Gasteiger partial charge in [-0.3, -0.25) is 9.69 Å². The van der Waals surface area contributed by atoms with E-state index in [1.165, 1.54) is 0 Å². The molecular weight excluding hydrogens is 300 g/mol. The van der Waals surface area contributed by atoms with Crippen molar-refractivity contribution in [3.8, 4) is 0 Å². The number of nitrogens with zero attached hydrogens (tertiary/aromatic N) is 1. The van der Waals surface area contributed by atoms with Crippen molar-refractivity contribution in [3.63, 3.8) is 0 Å². The Hall–Kier alpha value is -1.08. The molecule has 1 atom stereocenters. The summed E-state index contributed by atoms with van der Waals surface area (Å²) in [6.45, 7) is 4.74. The van der Waals surface area contributed by atoms with E-state index in [-0.39, 0.29) is 25.2 Å². The summed E-state index contributed by atoms with van der Waals surface area (Å²) in [7, 11) is 1.80. The van der Waals surface area contributed by atoms with E-state index in [9.17, 15) is 9.90 Å². The maximum atomic E-state index is 12.1. The van der Waals surface area contributed by atoms with Crippen LogP contribution in [0.4, 0.5) is 5.69 Å². The maximum absolute atomic E-state index is 12.1. The van der Waals surface area contributed by atoms with Gasteiger partial charge in [0.2, 0.25) is 5.91 Å². The molecule has 124 valence electrons. The van der Waals surface area contributed by atoms with Crippen LogP contribution in [0.3, 0.4) is 0 Å². The van der Waals surface area contributed by atoms with Crippen LogP contribution in [-0.4, -0.2) is 61.1 Å². The van der Waals surface area contributed by atoms with Gasteiger partial charge in [-0.25, -0.2) is 0 Å².